The van der Waals surface area contributed by atoms with Crippen LogP contribution in [0.3, 0.4) is 0 Å². The van der Waals surface area contributed by atoms with Crippen LogP contribution in [0.15, 0.2) is 56.4 Å². The van der Waals surface area contributed by atoms with Gasteiger partial charge >= 0.3 is 0 Å². The van der Waals surface area contributed by atoms with Crippen LogP contribution in [-0.2, 0) is 16.6 Å². The van der Waals surface area contributed by atoms with Crippen molar-refractivity contribution >= 4 is 15.9 Å². The van der Waals surface area contributed by atoms with E-state index in [0.29, 0.717) is 11.3 Å². The molecule has 7 nitrogen and oxygen atoms in total. The van der Waals surface area contributed by atoms with E-state index in [1.165, 1.54) is 25.3 Å². The smallest absolute Gasteiger partial charge is 0.287 e. The highest BCUT2D eigenvalue weighted by Gasteiger charge is 2.21. The summed E-state index contributed by atoms with van der Waals surface area (Å²) in [7, 11) is -3.99. The maximum absolute atomic E-state index is 14.2. The van der Waals surface area contributed by atoms with Gasteiger partial charge in [0.25, 0.3) is 5.91 Å². The van der Waals surface area contributed by atoms with Gasteiger partial charge in [0.05, 0.1) is 6.26 Å². The number of rotatable bonds is 5. The summed E-state index contributed by atoms with van der Waals surface area (Å²) in [6.45, 7) is 1.27. The normalized spacial score (nSPS) is 11.5. The molecule has 0 saturated carbocycles. The van der Waals surface area contributed by atoms with Gasteiger partial charge in [-0.25, -0.2) is 17.9 Å². The van der Waals surface area contributed by atoms with Gasteiger partial charge in [0.2, 0.25) is 10.0 Å². The number of carbonyl (C=O) groups excluding carboxylic acids is 1. The second-order valence-electron chi connectivity index (χ2n) is 5.54. The van der Waals surface area contributed by atoms with E-state index in [1.807, 2.05) is 0 Å². The Morgan fingerprint density at radius 2 is 2.04 bits per heavy atom. The number of hydrogen-bond donors (Lipinski definition) is 2. The minimum absolute atomic E-state index is 0.00614. The number of hydrogen-bond acceptors (Lipinski definition) is 5. The summed E-state index contributed by atoms with van der Waals surface area (Å²) in [5, 5.41) is 7.50. The Balaban J connectivity index is 1.72. The van der Waals surface area contributed by atoms with Gasteiger partial charge in [0, 0.05) is 23.7 Å². The van der Waals surface area contributed by atoms with E-state index in [9.17, 15) is 17.6 Å². The predicted octanol–water partition coefficient (Wildman–Crippen LogP) is 2.56. The lowest BCUT2D eigenvalue weighted by Crippen LogP contribution is -2.23. The van der Waals surface area contributed by atoms with Crippen LogP contribution >= 0.6 is 0 Å². The third-order valence-electron chi connectivity index (χ3n) is 3.70. The van der Waals surface area contributed by atoms with E-state index in [0.717, 1.165) is 6.07 Å². The average Bonchev–Trinajstić information content (AvgIpc) is 3.22. The Morgan fingerprint density at radius 3 is 2.62 bits per heavy atom. The number of furan rings is 2. The van der Waals surface area contributed by atoms with Crippen molar-refractivity contribution in [1.82, 2.24) is 5.32 Å². The van der Waals surface area contributed by atoms with Gasteiger partial charge in [-0.15, -0.1) is 0 Å². The zero-order valence-electron chi connectivity index (χ0n) is 13.7. The number of sulfonamides is 1. The van der Waals surface area contributed by atoms with E-state index in [1.54, 1.807) is 18.2 Å². The zero-order chi connectivity index (χ0) is 18.9. The number of nitrogens with two attached hydrogens (primary N) is 1. The first-order valence-corrected chi connectivity index (χ1v) is 9.04. The molecule has 0 bridgehead atoms. The van der Waals surface area contributed by atoms with E-state index in [-0.39, 0.29) is 28.5 Å². The molecule has 0 aliphatic heterocycles. The fourth-order valence-electron chi connectivity index (χ4n) is 2.41. The van der Waals surface area contributed by atoms with Crippen molar-refractivity contribution in [3.8, 4) is 11.3 Å². The van der Waals surface area contributed by atoms with Crippen molar-refractivity contribution in [3.05, 3.63) is 65.6 Å². The summed E-state index contributed by atoms with van der Waals surface area (Å²) in [5.74, 6) is -0.885. The summed E-state index contributed by atoms with van der Waals surface area (Å²) in [5.41, 5.74) is 0.825. The molecule has 0 fully saturated rings. The van der Waals surface area contributed by atoms with Crippen LogP contribution in [0.1, 0.15) is 21.9 Å². The van der Waals surface area contributed by atoms with Crippen molar-refractivity contribution in [2.24, 2.45) is 5.14 Å². The molecule has 26 heavy (non-hydrogen) atoms. The molecule has 2 heterocycles. The van der Waals surface area contributed by atoms with Crippen LogP contribution in [0.2, 0.25) is 0 Å². The number of benzene rings is 1. The van der Waals surface area contributed by atoms with E-state index >= 15 is 0 Å². The summed E-state index contributed by atoms with van der Waals surface area (Å²) in [6.07, 6.45) is 1.49. The molecule has 2 aromatic heterocycles. The lowest BCUT2D eigenvalue weighted by molar-refractivity contribution is 0.0921. The van der Waals surface area contributed by atoms with Gasteiger partial charge in [-0.05, 0) is 25.1 Å². The number of aryl methyl sites for hydroxylation is 1. The molecule has 3 rings (SSSR count). The van der Waals surface area contributed by atoms with Gasteiger partial charge in [-0.2, -0.15) is 0 Å². The number of amides is 1. The van der Waals surface area contributed by atoms with E-state index < -0.39 is 21.7 Å². The molecule has 0 saturated heterocycles. The quantitative estimate of drug-likeness (QED) is 0.708. The van der Waals surface area contributed by atoms with Crippen molar-refractivity contribution in [2.75, 3.05) is 0 Å². The summed E-state index contributed by atoms with van der Waals surface area (Å²) < 4.78 is 47.3. The third kappa shape index (κ3) is 3.68. The third-order valence-corrected chi connectivity index (χ3v) is 4.72. The fraction of sp³-hybridized carbons (Fsp3) is 0.118. The number of carbonyl (C=O) groups is 1. The van der Waals surface area contributed by atoms with Gasteiger partial charge < -0.3 is 14.2 Å². The molecule has 1 aromatic carbocycles. The molecule has 1 amide bonds. The van der Waals surface area contributed by atoms with Gasteiger partial charge in [-0.1, -0.05) is 12.1 Å². The molecule has 0 unspecified atom stereocenters. The zero-order valence-corrected chi connectivity index (χ0v) is 14.5. The van der Waals surface area contributed by atoms with Crippen LogP contribution in [0.5, 0.6) is 0 Å². The van der Waals surface area contributed by atoms with Crippen LogP contribution < -0.4 is 10.5 Å². The summed E-state index contributed by atoms with van der Waals surface area (Å²) in [4.78, 5) is 11.8. The highest BCUT2D eigenvalue weighted by Crippen LogP contribution is 2.23. The average molecular weight is 378 g/mol. The fourth-order valence-corrected chi connectivity index (χ4v) is 3.12. The molecule has 136 valence electrons. The highest BCUT2D eigenvalue weighted by molar-refractivity contribution is 7.89. The van der Waals surface area contributed by atoms with Crippen LogP contribution in [-0.4, -0.2) is 14.3 Å². The molecule has 0 aliphatic carbocycles. The van der Waals surface area contributed by atoms with Crippen LogP contribution in [0.25, 0.3) is 11.3 Å². The van der Waals surface area contributed by atoms with Crippen LogP contribution in [0, 0.1) is 12.7 Å². The van der Waals surface area contributed by atoms with Crippen LogP contribution in [0.4, 0.5) is 4.39 Å². The topological polar surface area (TPSA) is 116 Å². The largest absolute Gasteiger partial charge is 0.464 e. The molecule has 0 aliphatic rings. The first-order chi connectivity index (χ1) is 12.3. The maximum atomic E-state index is 14.2. The molecule has 0 radical (unpaired) electrons. The van der Waals surface area contributed by atoms with Gasteiger partial charge in [-0.3, -0.25) is 4.79 Å². The minimum Gasteiger partial charge on any atom is -0.464 e. The Bertz CT molecular complexity index is 1060. The first-order valence-electron chi connectivity index (χ1n) is 7.49. The predicted molar refractivity (Wildman–Crippen MR) is 90.1 cm³/mol. The Hall–Kier alpha value is -2.91. The molecule has 3 aromatic rings. The second kappa shape index (κ2) is 6.77. The van der Waals surface area contributed by atoms with Crippen molar-refractivity contribution in [3.63, 3.8) is 0 Å². The molecule has 3 N–H and O–H groups in total. The molecule has 9 heteroatoms. The van der Waals surface area contributed by atoms with Gasteiger partial charge in [0.15, 0.2) is 5.76 Å². The Labute approximate surface area is 148 Å². The molecular formula is C17H15FN2O5S. The Kier molecular flexibility index (Phi) is 4.66. The minimum atomic E-state index is -3.99. The van der Waals surface area contributed by atoms with E-state index in [2.05, 4.69) is 5.32 Å². The lowest BCUT2D eigenvalue weighted by Gasteiger charge is -2.06. The first kappa shape index (κ1) is 17.9. The molecular weight excluding hydrogens is 363 g/mol. The Morgan fingerprint density at radius 1 is 1.27 bits per heavy atom. The number of primary sulfonamides is 1. The summed E-state index contributed by atoms with van der Waals surface area (Å²) >= 11 is 0. The van der Waals surface area contributed by atoms with E-state index in [4.69, 9.17) is 14.0 Å². The maximum Gasteiger partial charge on any atom is 0.287 e. The van der Waals surface area contributed by atoms with Gasteiger partial charge in [0.1, 0.15) is 22.2 Å². The SMILES string of the molecule is Cc1oc(C(=O)NCc2ccc(-c3ccco3)cc2F)cc1S(N)(=O)=O. The standard InChI is InChI=1S/C17H15FN2O5S/c1-10-16(26(19,22)23)8-15(25-10)17(21)20-9-12-5-4-11(7-13(12)18)14-3-2-6-24-14/h2-8H,9H2,1H3,(H,20,21)(H2,19,22,23). The lowest BCUT2D eigenvalue weighted by atomic mass is 10.1. The molecule has 0 atom stereocenters. The molecule has 0 spiro atoms. The van der Waals surface area contributed by atoms with Crippen molar-refractivity contribution in [1.29, 1.82) is 0 Å². The number of nitrogens with one attached hydrogen (secondary N) is 1. The highest BCUT2D eigenvalue weighted by atomic mass is 32.2. The number of halogens is 1. The monoisotopic (exact) mass is 378 g/mol. The van der Waals surface area contributed by atoms with Crippen molar-refractivity contribution < 1.29 is 26.4 Å². The van der Waals surface area contributed by atoms with Crippen molar-refractivity contribution in [2.45, 2.75) is 18.4 Å². The second-order valence-corrected chi connectivity index (χ2v) is 7.07. The summed E-state index contributed by atoms with van der Waals surface area (Å²) in [6, 6.07) is 8.93.